The fourth-order valence-corrected chi connectivity index (χ4v) is 3.05. The molecule has 7 heteroatoms. The smallest absolute Gasteiger partial charge is 0.256 e. The van der Waals surface area contributed by atoms with E-state index in [0.717, 1.165) is 16.8 Å². The van der Waals surface area contributed by atoms with Gasteiger partial charge in [-0.2, -0.15) is 5.10 Å². The van der Waals surface area contributed by atoms with Gasteiger partial charge >= 0.3 is 0 Å². The molecule has 30 heavy (non-hydrogen) atoms. The molecule has 4 rings (SSSR count). The number of fused-ring (bicyclic) bond motifs is 1. The second-order valence-corrected chi connectivity index (χ2v) is 6.68. The van der Waals surface area contributed by atoms with E-state index in [2.05, 4.69) is 20.8 Å². The van der Waals surface area contributed by atoms with Gasteiger partial charge in [0.15, 0.2) is 5.82 Å². The molecule has 0 aliphatic carbocycles. The largest absolute Gasteiger partial charge is 0.497 e. The zero-order valence-corrected chi connectivity index (χ0v) is 16.3. The van der Waals surface area contributed by atoms with Crippen molar-refractivity contribution < 1.29 is 14.3 Å². The molecular formula is C23H20N4O3. The maximum Gasteiger partial charge on any atom is 0.256 e. The van der Waals surface area contributed by atoms with Crippen molar-refractivity contribution in [3.05, 3.63) is 89.5 Å². The molecule has 0 saturated carbocycles. The van der Waals surface area contributed by atoms with Crippen molar-refractivity contribution in [2.75, 3.05) is 12.4 Å². The lowest BCUT2D eigenvalue weighted by Crippen LogP contribution is -2.22. The van der Waals surface area contributed by atoms with Crippen molar-refractivity contribution >= 4 is 28.5 Å². The van der Waals surface area contributed by atoms with E-state index >= 15 is 0 Å². The number of aromatic amines is 1. The second-order valence-electron chi connectivity index (χ2n) is 6.68. The van der Waals surface area contributed by atoms with E-state index in [0.29, 0.717) is 28.9 Å². The summed E-state index contributed by atoms with van der Waals surface area (Å²) in [5.74, 6) is 0.664. The molecular weight excluding hydrogens is 380 g/mol. The number of carbonyl (C=O) groups excluding carboxylic acids is 2. The Morgan fingerprint density at radius 1 is 0.933 bits per heavy atom. The Kier molecular flexibility index (Phi) is 5.43. The van der Waals surface area contributed by atoms with E-state index in [1.165, 1.54) is 0 Å². The average Bonchev–Trinajstić information content (AvgIpc) is 3.20. The van der Waals surface area contributed by atoms with Gasteiger partial charge in [0, 0.05) is 23.1 Å². The maximum absolute atomic E-state index is 12.6. The van der Waals surface area contributed by atoms with Gasteiger partial charge in [0.05, 0.1) is 12.6 Å². The summed E-state index contributed by atoms with van der Waals surface area (Å²) in [5, 5.41) is 13.4. The molecule has 0 fully saturated rings. The van der Waals surface area contributed by atoms with Gasteiger partial charge in [-0.05, 0) is 48.0 Å². The summed E-state index contributed by atoms with van der Waals surface area (Å²) in [5.41, 5.74) is 2.70. The van der Waals surface area contributed by atoms with Crippen molar-refractivity contribution in [3.8, 4) is 5.75 Å². The summed E-state index contributed by atoms with van der Waals surface area (Å²) in [7, 11) is 1.61. The highest BCUT2D eigenvalue weighted by atomic mass is 16.5. The number of amides is 2. The summed E-state index contributed by atoms with van der Waals surface area (Å²) in [4.78, 5) is 25.0. The van der Waals surface area contributed by atoms with Crippen LogP contribution in [0.2, 0.25) is 0 Å². The lowest BCUT2D eigenvalue weighted by atomic mass is 10.1. The standard InChI is InChI=1S/C23H20N4O3/c1-30-18-10-7-15(8-11-18)14-24-22(28)17-9-12-20-19(13-17)21(27-26-20)25-23(29)16-5-3-2-4-6-16/h2-13H,14H2,1H3,(H,24,28)(H2,25,26,27,29). The van der Waals surface area contributed by atoms with Crippen LogP contribution in [-0.2, 0) is 6.54 Å². The highest BCUT2D eigenvalue weighted by Crippen LogP contribution is 2.22. The van der Waals surface area contributed by atoms with E-state index in [1.54, 1.807) is 49.6 Å². The van der Waals surface area contributed by atoms with Gasteiger partial charge in [-0.1, -0.05) is 30.3 Å². The highest BCUT2D eigenvalue weighted by Gasteiger charge is 2.13. The van der Waals surface area contributed by atoms with Gasteiger partial charge in [0.1, 0.15) is 5.75 Å². The number of anilines is 1. The van der Waals surface area contributed by atoms with Gasteiger partial charge in [0.2, 0.25) is 0 Å². The summed E-state index contributed by atoms with van der Waals surface area (Å²) in [6, 6.07) is 21.6. The van der Waals surface area contributed by atoms with Crippen molar-refractivity contribution in [1.82, 2.24) is 15.5 Å². The maximum atomic E-state index is 12.6. The fourth-order valence-electron chi connectivity index (χ4n) is 3.05. The topological polar surface area (TPSA) is 96.1 Å². The number of hydrogen-bond acceptors (Lipinski definition) is 4. The van der Waals surface area contributed by atoms with Crippen LogP contribution in [-0.4, -0.2) is 29.1 Å². The Labute approximate surface area is 173 Å². The third-order valence-corrected chi connectivity index (χ3v) is 4.71. The first-order chi connectivity index (χ1) is 14.6. The lowest BCUT2D eigenvalue weighted by molar-refractivity contribution is 0.0950. The van der Waals surface area contributed by atoms with Crippen LogP contribution >= 0.6 is 0 Å². The first kappa shape index (κ1) is 19.2. The molecule has 150 valence electrons. The molecule has 3 N–H and O–H groups in total. The van der Waals surface area contributed by atoms with Crippen LogP contribution in [0.4, 0.5) is 5.82 Å². The minimum absolute atomic E-state index is 0.214. The van der Waals surface area contributed by atoms with Crippen LogP contribution in [0.3, 0.4) is 0 Å². The molecule has 1 heterocycles. The number of H-pyrrole nitrogens is 1. The Morgan fingerprint density at radius 2 is 1.70 bits per heavy atom. The molecule has 0 radical (unpaired) electrons. The number of nitrogens with zero attached hydrogens (tertiary/aromatic N) is 1. The number of aromatic nitrogens is 2. The highest BCUT2D eigenvalue weighted by molar-refractivity contribution is 6.09. The van der Waals surface area contributed by atoms with Gasteiger partial charge in [0.25, 0.3) is 11.8 Å². The third-order valence-electron chi connectivity index (χ3n) is 4.71. The molecule has 0 saturated heterocycles. The summed E-state index contributed by atoms with van der Waals surface area (Å²) >= 11 is 0. The number of nitrogens with one attached hydrogen (secondary N) is 3. The van der Waals surface area contributed by atoms with Crippen LogP contribution in [0, 0.1) is 0 Å². The van der Waals surface area contributed by atoms with E-state index in [1.807, 2.05) is 30.3 Å². The fraction of sp³-hybridized carbons (Fsp3) is 0.0870. The molecule has 2 amide bonds. The number of hydrogen-bond donors (Lipinski definition) is 3. The quantitative estimate of drug-likeness (QED) is 0.459. The molecule has 1 aromatic heterocycles. The molecule has 0 unspecified atom stereocenters. The van der Waals surface area contributed by atoms with Crippen molar-refractivity contribution in [1.29, 1.82) is 0 Å². The Balaban J connectivity index is 1.48. The summed E-state index contributed by atoms with van der Waals surface area (Å²) in [6.45, 7) is 0.393. The van der Waals surface area contributed by atoms with Gasteiger partial charge in [-0.3, -0.25) is 14.7 Å². The lowest BCUT2D eigenvalue weighted by Gasteiger charge is -2.07. The van der Waals surface area contributed by atoms with Crippen LogP contribution in [0.1, 0.15) is 26.3 Å². The molecule has 3 aromatic carbocycles. The van der Waals surface area contributed by atoms with E-state index in [-0.39, 0.29) is 11.8 Å². The van der Waals surface area contributed by atoms with Crippen LogP contribution in [0.25, 0.3) is 10.9 Å². The predicted molar refractivity (Wildman–Crippen MR) is 115 cm³/mol. The third kappa shape index (κ3) is 4.15. The minimum atomic E-state index is -0.265. The molecule has 0 spiro atoms. The number of methoxy groups -OCH3 is 1. The molecule has 7 nitrogen and oxygen atoms in total. The normalized spacial score (nSPS) is 10.6. The first-order valence-electron chi connectivity index (χ1n) is 9.40. The average molecular weight is 400 g/mol. The number of ether oxygens (including phenoxy) is 1. The van der Waals surface area contributed by atoms with Crippen molar-refractivity contribution in [2.24, 2.45) is 0 Å². The number of rotatable bonds is 6. The van der Waals surface area contributed by atoms with Gasteiger partial charge < -0.3 is 15.4 Å². The second kappa shape index (κ2) is 8.48. The van der Waals surface area contributed by atoms with Gasteiger partial charge in [-0.15, -0.1) is 0 Å². The van der Waals surface area contributed by atoms with Crippen LogP contribution in [0.5, 0.6) is 5.75 Å². The van der Waals surface area contributed by atoms with E-state index in [4.69, 9.17) is 4.74 Å². The SMILES string of the molecule is COc1ccc(CNC(=O)c2ccc3[nH]nc(NC(=O)c4ccccc4)c3c2)cc1. The first-order valence-corrected chi connectivity index (χ1v) is 9.40. The monoisotopic (exact) mass is 400 g/mol. The summed E-state index contributed by atoms with van der Waals surface area (Å²) < 4.78 is 5.14. The van der Waals surface area contributed by atoms with Crippen molar-refractivity contribution in [2.45, 2.75) is 6.54 Å². The number of carbonyl (C=O) groups is 2. The molecule has 0 aliphatic rings. The van der Waals surface area contributed by atoms with E-state index < -0.39 is 0 Å². The molecule has 0 atom stereocenters. The summed E-state index contributed by atoms with van der Waals surface area (Å²) in [6.07, 6.45) is 0. The zero-order chi connectivity index (χ0) is 20.9. The molecule has 4 aromatic rings. The van der Waals surface area contributed by atoms with Gasteiger partial charge in [-0.25, -0.2) is 0 Å². The number of benzene rings is 3. The Hall–Kier alpha value is -4.13. The molecule has 0 aliphatic heterocycles. The van der Waals surface area contributed by atoms with E-state index in [9.17, 15) is 9.59 Å². The minimum Gasteiger partial charge on any atom is -0.497 e. The van der Waals surface area contributed by atoms with Crippen molar-refractivity contribution in [3.63, 3.8) is 0 Å². The zero-order valence-electron chi connectivity index (χ0n) is 16.3. The molecule has 0 bridgehead atoms. The Bertz CT molecular complexity index is 1180. The Morgan fingerprint density at radius 3 is 2.43 bits per heavy atom. The predicted octanol–water partition coefficient (Wildman–Crippen LogP) is 3.75. The van der Waals surface area contributed by atoms with Crippen LogP contribution in [0.15, 0.2) is 72.8 Å². The van der Waals surface area contributed by atoms with Crippen LogP contribution < -0.4 is 15.4 Å².